The van der Waals surface area contributed by atoms with Crippen LogP contribution in [0, 0.1) is 0 Å². The van der Waals surface area contributed by atoms with Gasteiger partial charge in [0.15, 0.2) is 5.78 Å². The highest BCUT2D eigenvalue weighted by molar-refractivity contribution is 7.92. The Bertz CT molecular complexity index is 1460. The van der Waals surface area contributed by atoms with E-state index in [0.717, 1.165) is 21.7 Å². The van der Waals surface area contributed by atoms with E-state index in [4.69, 9.17) is 11.6 Å². The van der Waals surface area contributed by atoms with Crippen LogP contribution in [0.3, 0.4) is 0 Å². The number of anilines is 1. The van der Waals surface area contributed by atoms with Gasteiger partial charge in [0, 0.05) is 29.6 Å². The number of amides is 2. The van der Waals surface area contributed by atoms with E-state index in [-0.39, 0.29) is 36.4 Å². The minimum Gasteiger partial charge on any atom is -0.352 e. The normalized spacial score (nSPS) is 12.7. The highest BCUT2D eigenvalue weighted by Crippen LogP contribution is 2.22. The first-order chi connectivity index (χ1) is 19.4. The predicted molar refractivity (Wildman–Crippen MR) is 162 cm³/mol. The Labute approximate surface area is 247 Å². The van der Waals surface area contributed by atoms with Crippen molar-refractivity contribution in [2.45, 2.75) is 52.2 Å². The molecule has 0 aliphatic heterocycles. The van der Waals surface area contributed by atoms with E-state index in [9.17, 15) is 22.8 Å². The van der Waals surface area contributed by atoms with Gasteiger partial charge in [-0.25, -0.2) is 8.42 Å². The molecule has 218 valence electrons. The Balaban J connectivity index is 2.07. The third kappa shape index (κ3) is 9.16. The van der Waals surface area contributed by atoms with Gasteiger partial charge in [0.1, 0.15) is 12.6 Å². The van der Waals surface area contributed by atoms with Gasteiger partial charge in [-0.15, -0.1) is 0 Å². The zero-order valence-corrected chi connectivity index (χ0v) is 25.3. The quantitative estimate of drug-likeness (QED) is 0.283. The molecule has 0 fully saturated rings. The Morgan fingerprint density at radius 1 is 0.927 bits per heavy atom. The van der Waals surface area contributed by atoms with Crippen LogP contribution in [0.25, 0.3) is 0 Å². The molecule has 2 amide bonds. The second-order valence-electron chi connectivity index (χ2n) is 10.0. The molecule has 0 saturated heterocycles. The van der Waals surface area contributed by atoms with Crippen LogP contribution >= 0.6 is 11.6 Å². The van der Waals surface area contributed by atoms with Crippen LogP contribution < -0.4 is 9.62 Å². The van der Waals surface area contributed by atoms with E-state index >= 15 is 0 Å². The van der Waals surface area contributed by atoms with Gasteiger partial charge in [0.25, 0.3) is 0 Å². The number of hydrogen-bond donors (Lipinski definition) is 1. The van der Waals surface area contributed by atoms with Crippen LogP contribution in [-0.4, -0.2) is 55.8 Å². The monoisotopic (exact) mass is 597 g/mol. The molecule has 1 N–H and O–H groups in total. The molecule has 0 spiro atoms. The van der Waals surface area contributed by atoms with Gasteiger partial charge in [-0.2, -0.15) is 0 Å². The molecule has 0 aliphatic rings. The Morgan fingerprint density at radius 3 is 2.17 bits per heavy atom. The third-order valence-corrected chi connectivity index (χ3v) is 8.15. The number of benzene rings is 3. The van der Waals surface area contributed by atoms with Crippen LogP contribution in [0.1, 0.15) is 48.7 Å². The number of Topliss-reactive ketones (excluding diaryl/α,β-unsaturated/α-hetero) is 1. The van der Waals surface area contributed by atoms with Crippen molar-refractivity contribution in [3.63, 3.8) is 0 Å². The smallest absolute Gasteiger partial charge is 0.244 e. The molecule has 0 radical (unpaired) electrons. The summed E-state index contributed by atoms with van der Waals surface area (Å²) in [5, 5.41) is 3.52. The lowest BCUT2D eigenvalue weighted by Crippen LogP contribution is -2.54. The summed E-state index contributed by atoms with van der Waals surface area (Å²) in [6.07, 6.45) is 1.92. The maximum atomic E-state index is 14.1. The number of nitrogens with one attached hydrogen (secondary N) is 1. The lowest BCUT2D eigenvalue weighted by molar-refractivity contribution is -0.140. The second kappa shape index (κ2) is 14.3. The maximum Gasteiger partial charge on any atom is 0.244 e. The van der Waals surface area contributed by atoms with Crippen molar-refractivity contribution in [3.8, 4) is 0 Å². The maximum absolute atomic E-state index is 14.1. The molecule has 41 heavy (non-hydrogen) atoms. The first-order valence-electron chi connectivity index (χ1n) is 13.4. The largest absolute Gasteiger partial charge is 0.352 e. The average molecular weight is 598 g/mol. The summed E-state index contributed by atoms with van der Waals surface area (Å²) in [6, 6.07) is 21.3. The molecular weight excluding hydrogens is 562 g/mol. The minimum atomic E-state index is -3.94. The van der Waals surface area contributed by atoms with E-state index in [1.54, 1.807) is 36.4 Å². The van der Waals surface area contributed by atoms with Gasteiger partial charge in [-0.1, -0.05) is 73.1 Å². The highest BCUT2D eigenvalue weighted by atomic mass is 35.5. The zero-order valence-electron chi connectivity index (χ0n) is 23.7. The minimum absolute atomic E-state index is 0.0481. The third-order valence-electron chi connectivity index (χ3n) is 6.76. The summed E-state index contributed by atoms with van der Waals surface area (Å²) in [6.45, 7) is 4.71. The number of nitrogens with zero attached hydrogens (tertiary/aromatic N) is 2. The summed E-state index contributed by atoms with van der Waals surface area (Å²) < 4.78 is 26.8. The number of carbonyl (C=O) groups excluding carboxylic acids is 3. The molecule has 0 aromatic heterocycles. The molecular formula is C31H36ClN3O5S. The SMILES string of the molecule is CC[C@H](C)NC(=O)[C@H](Cc1ccccc1)N(Cc1ccc(Cl)cc1)C(=O)CN(c1cccc(C(C)=O)c1)S(C)(=O)=O. The molecule has 10 heteroatoms. The van der Waals surface area contributed by atoms with E-state index in [1.165, 1.54) is 24.0 Å². The predicted octanol–water partition coefficient (Wildman–Crippen LogP) is 4.86. The van der Waals surface area contributed by atoms with Crippen molar-refractivity contribution in [2.75, 3.05) is 17.1 Å². The van der Waals surface area contributed by atoms with E-state index < -0.39 is 28.5 Å². The summed E-state index contributed by atoms with van der Waals surface area (Å²) in [5.41, 5.74) is 2.07. The number of hydrogen-bond acceptors (Lipinski definition) is 5. The lowest BCUT2D eigenvalue weighted by Gasteiger charge is -2.34. The molecule has 3 aromatic rings. The standard InChI is InChI=1S/C31H36ClN3O5S/c1-5-22(2)33-31(38)29(18-24-10-7-6-8-11-24)34(20-25-14-16-27(32)17-15-25)30(37)21-35(41(4,39)40)28-13-9-12-26(19-28)23(3)36/h6-17,19,22,29H,5,18,20-21H2,1-4H3,(H,33,38)/t22-,29-/m0/s1. The van der Waals surface area contributed by atoms with E-state index in [2.05, 4.69) is 5.32 Å². The van der Waals surface area contributed by atoms with Crippen molar-refractivity contribution in [1.82, 2.24) is 10.2 Å². The Morgan fingerprint density at radius 2 is 1.59 bits per heavy atom. The Kier molecular flexibility index (Phi) is 11.1. The fourth-order valence-electron chi connectivity index (χ4n) is 4.28. The highest BCUT2D eigenvalue weighted by Gasteiger charge is 2.33. The van der Waals surface area contributed by atoms with Crippen molar-refractivity contribution in [3.05, 3.63) is 101 Å². The number of halogens is 1. The number of sulfonamides is 1. The molecule has 3 aromatic carbocycles. The van der Waals surface area contributed by atoms with Gasteiger partial charge in [-0.05, 0) is 55.7 Å². The van der Waals surface area contributed by atoms with Crippen LogP contribution in [0.5, 0.6) is 0 Å². The average Bonchev–Trinajstić information content (AvgIpc) is 2.94. The first kappa shape index (κ1) is 31.8. The molecule has 0 saturated carbocycles. The van der Waals surface area contributed by atoms with Crippen molar-refractivity contribution in [1.29, 1.82) is 0 Å². The Hall–Kier alpha value is -3.69. The van der Waals surface area contributed by atoms with E-state index in [1.807, 2.05) is 44.2 Å². The summed E-state index contributed by atoms with van der Waals surface area (Å²) in [5.74, 6) is -1.14. The molecule has 0 aliphatic carbocycles. The molecule has 8 nitrogen and oxygen atoms in total. The molecule has 3 rings (SSSR count). The summed E-state index contributed by atoms with van der Waals surface area (Å²) in [7, 11) is -3.94. The number of carbonyl (C=O) groups is 3. The van der Waals surface area contributed by atoms with Crippen LogP contribution in [0.2, 0.25) is 5.02 Å². The first-order valence-corrected chi connectivity index (χ1v) is 15.6. The molecule has 0 unspecified atom stereocenters. The number of ketones is 1. The molecule has 0 heterocycles. The van der Waals surface area contributed by atoms with Crippen LogP contribution in [0.15, 0.2) is 78.9 Å². The topological polar surface area (TPSA) is 104 Å². The van der Waals surface area contributed by atoms with Gasteiger partial charge in [-0.3, -0.25) is 18.7 Å². The zero-order chi connectivity index (χ0) is 30.2. The fourth-order valence-corrected chi connectivity index (χ4v) is 5.24. The molecule has 0 bridgehead atoms. The molecule has 2 atom stereocenters. The van der Waals surface area contributed by atoms with Crippen molar-refractivity contribution in [2.24, 2.45) is 0 Å². The lowest BCUT2D eigenvalue weighted by atomic mass is 10.0. The van der Waals surface area contributed by atoms with Gasteiger partial charge < -0.3 is 10.2 Å². The fraction of sp³-hybridized carbons (Fsp3) is 0.323. The van der Waals surface area contributed by atoms with E-state index in [0.29, 0.717) is 17.0 Å². The van der Waals surface area contributed by atoms with Gasteiger partial charge >= 0.3 is 0 Å². The van der Waals surface area contributed by atoms with Crippen molar-refractivity contribution < 1.29 is 22.8 Å². The van der Waals surface area contributed by atoms with Gasteiger partial charge in [0.2, 0.25) is 21.8 Å². The van der Waals surface area contributed by atoms with Crippen LogP contribution in [-0.2, 0) is 32.6 Å². The van der Waals surface area contributed by atoms with Gasteiger partial charge in [0.05, 0.1) is 11.9 Å². The summed E-state index contributed by atoms with van der Waals surface area (Å²) in [4.78, 5) is 41.2. The second-order valence-corrected chi connectivity index (χ2v) is 12.4. The van der Waals surface area contributed by atoms with Crippen LogP contribution in [0.4, 0.5) is 5.69 Å². The summed E-state index contributed by atoms with van der Waals surface area (Å²) >= 11 is 6.08. The number of rotatable bonds is 13. The van der Waals surface area contributed by atoms with Crippen molar-refractivity contribution >= 4 is 44.9 Å².